The molecule has 3 heterocycles. The zero-order valence-corrected chi connectivity index (χ0v) is 22.0. The van der Waals surface area contributed by atoms with Crippen LogP contribution >= 0.6 is 0 Å². The number of ether oxygens (including phenoxy) is 1. The minimum Gasteiger partial charge on any atom is -0.466 e. The van der Waals surface area contributed by atoms with Crippen LogP contribution in [0.3, 0.4) is 0 Å². The number of nitrogens with one attached hydrogen (secondary N) is 1. The van der Waals surface area contributed by atoms with Gasteiger partial charge in [-0.15, -0.1) is 10.2 Å². The van der Waals surface area contributed by atoms with Crippen molar-refractivity contribution in [3.05, 3.63) is 75.7 Å². The highest BCUT2D eigenvalue weighted by Crippen LogP contribution is 2.31. The summed E-state index contributed by atoms with van der Waals surface area (Å²) >= 11 is 0. The van der Waals surface area contributed by atoms with Gasteiger partial charge in [-0.25, -0.2) is 4.68 Å². The Balaban J connectivity index is 1.46. The molecule has 1 atom stereocenters. The SMILES string of the molecule is CCCCc1c(Cc2ccc(-c3ccccc3-c3nn[nH]n3)cc2)c(=O)n2n1CCCC2CC(=O)OCC. The van der Waals surface area contributed by atoms with E-state index in [1.165, 1.54) is 0 Å². The molecular weight excluding hydrogens is 480 g/mol. The molecule has 9 nitrogen and oxygen atoms in total. The number of hydrogen-bond acceptors (Lipinski definition) is 6. The smallest absolute Gasteiger partial charge is 0.307 e. The van der Waals surface area contributed by atoms with Crippen molar-refractivity contribution in [3.63, 3.8) is 0 Å². The van der Waals surface area contributed by atoms with Gasteiger partial charge in [-0.05, 0) is 54.5 Å². The lowest BCUT2D eigenvalue weighted by molar-refractivity contribution is -0.144. The van der Waals surface area contributed by atoms with Gasteiger partial charge in [-0.2, -0.15) is 5.21 Å². The van der Waals surface area contributed by atoms with Gasteiger partial charge in [0.25, 0.3) is 5.56 Å². The molecule has 2 aromatic heterocycles. The molecule has 1 aliphatic rings. The summed E-state index contributed by atoms with van der Waals surface area (Å²) in [5.74, 6) is 0.308. The number of H-pyrrole nitrogens is 1. The van der Waals surface area contributed by atoms with Gasteiger partial charge in [0.2, 0.25) is 5.82 Å². The van der Waals surface area contributed by atoms with Crippen LogP contribution in [0.25, 0.3) is 22.5 Å². The van der Waals surface area contributed by atoms with E-state index in [1.54, 1.807) is 0 Å². The molecule has 0 bridgehead atoms. The van der Waals surface area contributed by atoms with Crippen LogP contribution in [-0.4, -0.2) is 42.6 Å². The van der Waals surface area contributed by atoms with Gasteiger partial charge in [-0.1, -0.05) is 61.9 Å². The van der Waals surface area contributed by atoms with E-state index >= 15 is 0 Å². The molecule has 1 N–H and O–H groups in total. The topological polar surface area (TPSA) is 108 Å². The summed E-state index contributed by atoms with van der Waals surface area (Å²) in [5.41, 5.74) is 6.02. The highest BCUT2D eigenvalue weighted by molar-refractivity contribution is 5.80. The van der Waals surface area contributed by atoms with Crippen molar-refractivity contribution in [1.29, 1.82) is 0 Å². The van der Waals surface area contributed by atoms with E-state index in [0.29, 0.717) is 18.9 Å². The second-order valence-corrected chi connectivity index (χ2v) is 9.76. The number of fused-ring (bicyclic) bond motifs is 1. The number of aromatic nitrogens is 6. The molecule has 0 saturated heterocycles. The average molecular weight is 515 g/mol. The predicted molar refractivity (Wildman–Crippen MR) is 145 cm³/mol. The second kappa shape index (κ2) is 11.6. The van der Waals surface area contributed by atoms with Gasteiger partial charge in [0.15, 0.2) is 0 Å². The summed E-state index contributed by atoms with van der Waals surface area (Å²) in [6.07, 6.45) is 5.48. The van der Waals surface area contributed by atoms with E-state index in [2.05, 4.69) is 56.5 Å². The Morgan fingerprint density at radius 3 is 2.61 bits per heavy atom. The summed E-state index contributed by atoms with van der Waals surface area (Å²) in [6, 6.07) is 16.1. The Morgan fingerprint density at radius 1 is 1.11 bits per heavy atom. The number of carbonyl (C=O) groups excluding carboxylic acids is 1. The van der Waals surface area contributed by atoms with Gasteiger partial charge in [0.05, 0.1) is 19.1 Å². The number of rotatable bonds is 10. The van der Waals surface area contributed by atoms with Crippen LogP contribution in [0.1, 0.15) is 68.8 Å². The fourth-order valence-electron chi connectivity index (χ4n) is 5.48. The standard InChI is InChI=1S/C29H34N6O3/c1-3-5-12-26-25(29(37)35-22(9-8-17-34(26)35)19-27(36)38-4-2)18-20-13-15-21(16-14-20)23-10-6-7-11-24(23)28-30-32-33-31-28/h6-7,10-11,13-16,22H,3-5,8-9,12,17-19H2,1-2H3,(H,30,31,32,33). The van der Waals surface area contributed by atoms with E-state index in [4.69, 9.17) is 4.74 Å². The van der Waals surface area contributed by atoms with E-state index < -0.39 is 0 Å². The van der Waals surface area contributed by atoms with Crippen molar-refractivity contribution < 1.29 is 9.53 Å². The Hall–Kier alpha value is -4.01. The summed E-state index contributed by atoms with van der Waals surface area (Å²) in [5, 5.41) is 14.5. The first-order chi connectivity index (χ1) is 18.6. The molecule has 0 fully saturated rings. The Kier molecular flexibility index (Phi) is 7.81. The third-order valence-electron chi connectivity index (χ3n) is 7.27. The lowest BCUT2D eigenvalue weighted by Crippen LogP contribution is -2.34. The molecule has 4 aromatic rings. The van der Waals surface area contributed by atoms with E-state index in [9.17, 15) is 9.59 Å². The van der Waals surface area contributed by atoms with E-state index in [0.717, 1.165) is 72.2 Å². The maximum atomic E-state index is 13.8. The maximum Gasteiger partial charge on any atom is 0.307 e. The number of tetrazole rings is 1. The third kappa shape index (κ3) is 5.18. The number of esters is 1. The summed E-state index contributed by atoms with van der Waals surface area (Å²) < 4.78 is 9.19. The molecule has 0 amide bonds. The molecule has 0 spiro atoms. The van der Waals surface area contributed by atoms with E-state index in [1.807, 2.05) is 35.9 Å². The van der Waals surface area contributed by atoms with E-state index in [-0.39, 0.29) is 24.0 Å². The number of hydrogen-bond donors (Lipinski definition) is 1. The largest absolute Gasteiger partial charge is 0.466 e. The maximum absolute atomic E-state index is 13.8. The lowest BCUT2D eigenvalue weighted by Gasteiger charge is -2.27. The highest BCUT2D eigenvalue weighted by atomic mass is 16.5. The molecule has 1 unspecified atom stereocenters. The van der Waals surface area contributed by atoms with Gasteiger partial charge in [-0.3, -0.25) is 14.3 Å². The number of aromatic amines is 1. The molecule has 0 aliphatic carbocycles. The highest BCUT2D eigenvalue weighted by Gasteiger charge is 2.29. The van der Waals surface area contributed by atoms with Crippen molar-refractivity contribution >= 4 is 5.97 Å². The molecule has 9 heteroatoms. The van der Waals surface area contributed by atoms with Crippen molar-refractivity contribution in [2.45, 2.75) is 71.4 Å². The van der Waals surface area contributed by atoms with Crippen molar-refractivity contribution in [2.75, 3.05) is 6.61 Å². The fraction of sp³-hybridized carbons (Fsp3) is 0.414. The molecule has 38 heavy (non-hydrogen) atoms. The summed E-state index contributed by atoms with van der Waals surface area (Å²) in [6.45, 7) is 5.13. The monoisotopic (exact) mass is 514 g/mol. The molecule has 0 saturated carbocycles. The van der Waals surface area contributed by atoms with Crippen LogP contribution in [0.2, 0.25) is 0 Å². The first-order valence-corrected chi connectivity index (χ1v) is 13.5. The zero-order chi connectivity index (χ0) is 26.5. The molecule has 2 aromatic carbocycles. The molecular formula is C29H34N6O3. The lowest BCUT2D eigenvalue weighted by atomic mass is 9.96. The quantitative estimate of drug-likeness (QED) is 0.307. The number of nitrogens with zero attached hydrogens (tertiary/aromatic N) is 5. The minimum absolute atomic E-state index is 0.0247. The Morgan fingerprint density at radius 2 is 1.89 bits per heavy atom. The Bertz CT molecular complexity index is 1440. The van der Waals surface area contributed by atoms with Crippen LogP contribution in [0.5, 0.6) is 0 Å². The summed E-state index contributed by atoms with van der Waals surface area (Å²) in [4.78, 5) is 26.1. The van der Waals surface area contributed by atoms with Gasteiger partial charge >= 0.3 is 5.97 Å². The van der Waals surface area contributed by atoms with Crippen LogP contribution in [0.15, 0.2) is 53.3 Å². The van der Waals surface area contributed by atoms with Crippen molar-refractivity contribution in [3.8, 4) is 22.5 Å². The molecule has 5 rings (SSSR count). The van der Waals surface area contributed by atoms with Gasteiger partial charge < -0.3 is 4.74 Å². The molecule has 198 valence electrons. The number of unbranched alkanes of at least 4 members (excludes halogenated alkanes) is 1. The predicted octanol–water partition coefficient (Wildman–Crippen LogP) is 4.72. The second-order valence-electron chi connectivity index (χ2n) is 9.76. The van der Waals surface area contributed by atoms with Crippen LogP contribution in [0, 0.1) is 0 Å². The normalized spacial score (nSPS) is 14.8. The van der Waals surface area contributed by atoms with Crippen LogP contribution in [-0.2, 0) is 28.9 Å². The fourth-order valence-corrected chi connectivity index (χ4v) is 5.48. The minimum atomic E-state index is -0.243. The van der Waals surface area contributed by atoms with Gasteiger partial charge in [0.1, 0.15) is 0 Å². The summed E-state index contributed by atoms with van der Waals surface area (Å²) in [7, 11) is 0. The third-order valence-corrected chi connectivity index (χ3v) is 7.27. The zero-order valence-electron chi connectivity index (χ0n) is 22.0. The average Bonchev–Trinajstić information content (AvgIpc) is 3.56. The number of benzene rings is 2. The first kappa shape index (κ1) is 25.6. The number of carbonyl (C=O) groups is 1. The van der Waals surface area contributed by atoms with Crippen LogP contribution < -0.4 is 5.56 Å². The van der Waals surface area contributed by atoms with Crippen molar-refractivity contribution in [2.24, 2.45) is 0 Å². The Labute approximate surface area is 221 Å². The molecule has 0 radical (unpaired) electrons. The van der Waals surface area contributed by atoms with Crippen LogP contribution in [0.4, 0.5) is 0 Å². The molecule has 1 aliphatic heterocycles. The first-order valence-electron chi connectivity index (χ1n) is 13.5. The van der Waals surface area contributed by atoms with Gasteiger partial charge in [0, 0.05) is 29.8 Å². The van der Waals surface area contributed by atoms with Crippen molar-refractivity contribution in [1.82, 2.24) is 30.0 Å².